The highest BCUT2D eigenvalue weighted by molar-refractivity contribution is 5.98. The van der Waals surface area contributed by atoms with Crippen molar-refractivity contribution in [3.8, 4) is 0 Å². The van der Waals surface area contributed by atoms with Crippen LogP contribution >= 0.6 is 0 Å². The molecule has 0 spiro atoms. The van der Waals surface area contributed by atoms with Crippen LogP contribution in [0.5, 0.6) is 0 Å². The minimum Gasteiger partial charge on any atom is -0.351 e. The molecule has 1 amide bonds. The van der Waals surface area contributed by atoms with Crippen LogP contribution in [0.4, 0.5) is 4.39 Å². The summed E-state index contributed by atoms with van der Waals surface area (Å²) in [6, 6.07) is 6.59. The third-order valence-corrected chi connectivity index (χ3v) is 4.26. The molecule has 0 aliphatic heterocycles. The Morgan fingerprint density at radius 3 is 2.75 bits per heavy atom. The summed E-state index contributed by atoms with van der Waals surface area (Å²) in [6.07, 6.45) is 5.82. The molecular weight excluding hydrogens is 255 g/mol. The fourth-order valence-corrected chi connectivity index (χ4v) is 3.04. The van der Waals surface area contributed by atoms with E-state index >= 15 is 0 Å². The van der Waals surface area contributed by atoms with Crippen LogP contribution in [0.15, 0.2) is 24.3 Å². The van der Waals surface area contributed by atoms with E-state index in [2.05, 4.69) is 4.98 Å². The number of carbonyl (C=O) groups is 1. The van der Waals surface area contributed by atoms with Crippen molar-refractivity contribution in [3.63, 3.8) is 0 Å². The van der Waals surface area contributed by atoms with Gasteiger partial charge in [-0.25, -0.2) is 4.39 Å². The van der Waals surface area contributed by atoms with Crippen molar-refractivity contribution >= 4 is 16.8 Å². The van der Waals surface area contributed by atoms with Gasteiger partial charge in [0.15, 0.2) is 0 Å². The summed E-state index contributed by atoms with van der Waals surface area (Å²) in [5.74, 6) is -0.287. The Labute approximate surface area is 117 Å². The van der Waals surface area contributed by atoms with Gasteiger partial charge in [-0.2, -0.15) is 0 Å². The Kier molecular flexibility index (Phi) is 3.47. The maximum absolute atomic E-state index is 13.2. The normalized spacial score (nSPS) is 16.5. The van der Waals surface area contributed by atoms with E-state index in [1.807, 2.05) is 11.9 Å². The van der Waals surface area contributed by atoms with Gasteiger partial charge in [-0.15, -0.1) is 0 Å². The first kappa shape index (κ1) is 13.2. The average Bonchev–Trinajstić information content (AvgIpc) is 2.89. The number of nitrogens with zero attached hydrogens (tertiary/aromatic N) is 1. The molecule has 0 atom stereocenters. The number of nitrogens with one attached hydrogen (secondary N) is 1. The lowest BCUT2D eigenvalue weighted by Crippen LogP contribution is -2.38. The molecule has 1 aliphatic carbocycles. The van der Waals surface area contributed by atoms with Crippen molar-refractivity contribution in [1.82, 2.24) is 9.88 Å². The molecule has 20 heavy (non-hydrogen) atoms. The molecule has 3 rings (SSSR count). The van der Waals surface area contributed by atoms with Gasteiger partial charge < -0.3 is 9.88 Å². The number of aromatic nitrogens is 1. The minimum absolute atomic E-state index is 0.00601. The molecule has 0 bridgehead atoms. The number of halogens is 1. The van der Waals surface area contributed by atoms with E-state index in [-0.39, 0.29) is 11.7 Å². The molecule has 1 heterocycles. The minimum atomic E-state index is -0.281. The number of benzene rings is 1. The van der Waals surface area contributed by atoms with Crippen molar-refractivity contribution in [2.45, 2.75) is 38.1 Å². The zero-order valence-corrected chi connectivity index (χ0v) is 11.7. The van der Waals surface area contributed by atoms with Crippen molar-refractivity contribution in [2.24, 2.45) is 0 Å². The second-order valence-corrected chi connectivity index (χ2v) is 5.62. The average molecular weight is 274 g/mol. The number of rotatable bonds is 2. The van der Waals surface area contributed by atoms with Crippen molar-refractivity contribution in [2.75, 3.05) is 7.05 Å². The van der Waals surface area contributed by atoms with Crippen LogP contribution in [-0.4, -0.2) is 28.9 Å². The summed E-state index contributed by atoms with van der Waals surface area (Å²) in [5, 5.41) is 0.741. The second kappa shape index (κ2) is 5.27. The first-order valence-corrected chi connectivity index (χ1v) is 7.20. The zero-order chi connectivity index (χ0) is 14.1. The molecule has 4 heteroatoms. The van der Waals surface area contributed by atoms with Crippen LogP contribution in [0, 0.1) is 5.82 Å². The Balaban J connectivity index is 1.84. The molecular formula is C16H19FN2O. The number of H-pyrrole nitrogens is 1. The molecule has 1 N–H and O–H groups in total. The monoisotopic (exact) mass is 274 g/mol. The Morgan fingerprint density at radius 1 is 1.25 bits per heavy atom. The maximum Gasteiger partial charge on any atom is 0.270 e. The van der Waals surface area contributed by atoms with Crippen LogP contribution < -0.4 is 0 Å². The predicted octanol–water partition coefficient (Wildman–Crippen LogP) is 3.71. The highest BCUT2D eigenvalue weighted by Crippen LogP contribution is 2.24. The van der Waals surface area contributed by atoms with E-state index < -0.39 is 0 Å². The topological polar surface area (TPSA) is 36.1 Å². The summed E-state index contributed by atoms with van der Waals surface area (Å²) in [7, 11) is 1.87. The van der Waals surface area contributed by atoms with Crippen molar-refractivity contribution < 1.29 is 9.18 Å². The van der Waals surface area contributed by atoms with Gasteiger partial charge >= 0.3 is 0 Å². The Morgan fingerprint density at radius 2 is 2.00 bits per heavy atom. The summed E-state index contributed by atoms with van der Waals surface area (Å²) in [5.41, 5.74) is 1.34. The van der Waals surface area contributed by atoms with Crippen LogP contribution in [-0.2, 0) is 0 Å². The van der Waals surface area contributed by atoms with Crippen LogP contribution in [0.1, 0.15) is 42.6 Å². The molecule has 1 aromatic heterocycles. The van der Waals surface area contributed by atoms with Gasteiger partial charge in [0.2, 0.25) is 0 Å². The number of hydrogen-bond acceptors (Lipinski definition) is 1. The fourth-order valence-electron chi connectivity index (χ4n) is 3.04. The maximum atomic E-state index is 13.2. The Bertz CT molecular complexity index is 628. The summed E-state index contributed by atoms with van der Waals surface area (Å²) in [4.78, 5) is 17.4. The molecule has 2 aromatic rings. The zero-order valence-electron chi connectivity index (χ0n) is 11.7. The standard InChI is InChI=1S/C16H19FN2O/c1-19(13-5-3-2-4-6-13)16(20)15-10-11-9-12(17)7-8-14(11)18-15/h7-10,13,18H,2-6H2,1H3. The summed E-state index contributed by atoms with van der Waals surface area (Å²) < 4.78 is 13.2. The van der Waals surface area contributed by atoms with Gasteiger partial charge in [0, 0.05) is 24.0 Å². The second-order valence-electron chi connectivity index (χ2n) is 5.62. The van der Waals surface area contributed by atoms with E-state index in [4.69, 9.17) is 0 Å². The van der Waals surface area contributed by atoms with Gasteiger partial charge in [0.25, 0.3) is 5.91 Å². The van der Waals surface area contributed by atoms with Crippen LogP contribution in [0.25, 0.3) is 10.9 Å². The smallest absolute Gasteiger partial charge is 0.270 e. The van der Waals surface area contributed by atoms with E-state index in [0.29, 0.717) is 11.7 Å². The lowest BCUT2D eigenvalue weighted by Gasteiger charge is -2.30. The molecule has 0 unspecified atom stereocenters. The van der Waals surface area contributed by atoms with Gasteiger partial charge in [0.05, 0.1) is 0 Å². The molecule has 3 nitrogen and oxygen atoms in total. The van der Waals surface area contributed by atoms with Gasteiger partial charge in [-0.05, 0) is 37.1 Å². The SMILES string of the molecule is CN(C(=O)c1cc2cc(F)ccc2[nH]1)C1CCCCC1. The molecule has 1 saturated carbocycles. The van der Waals surface area contributed by atoms with Gasteiger partial charge in [-0.3, -0.25) is 4.79 Å². The first-order valence-electron chi connectivity index (χ1n) is 7.20. The Hall–Kier alpha value is -1.84. The van der Waals surface area contributed by atoms with E-state index in [9.17, 15) is 9.18 Å². The number of hydrogen-bond donors (Lipinski definition) is 1. The molecule has 1 fully saturated rings. The molecule has 1 aromatic carbocycles. The summed E-state index contributed by atoms with van der Waals surface area (Å²) in [6.45, 7) is 0. The highest BCUT2D eigenvalue weighted by Gasteiger charge is 2.23. The number of amides is 1. The molecule has 0 radical (unpaired) electrons. The van der Waals surface area contributed by atoms with Crippen molar-refractivity contribution in [1.29, 1.82) is 0 Å². The molecule has 106 valence electrons. The van der Waals surface area contributed by atoms with E-state index in [1.165, 1.54) is 31.4 Å². The number of carbonyl (C=O) groups excluding carboxylic acids is 1. The fraction of sp³-hybridized carbons (Fsp3) is 0.438. The van der Waals surface area contributed by atoms with Crippen LogP contribution in [0.2, 0.25) is 0 Å². The number of aromatic amines is 1. The predicted molar refractivity (Wildman–Crippen MR) is 77.2 cm³/mol. The molecule has 0 saturated heterocycles. The quantitative estimate of drug-likeness (QED) is 0.890. The van der Waals surface area contributed by atoms with Gasteiger partial charge in [-0.1, -0.05) is 19.3 Å². The van der Waals surface area contributed by atoms with Crippen LogP contribution in [0.3, 0.4) is 0 Å². The van der Waals surface area contributed by atoms with Gasteiger partial charge in [0.1, 0.15) is 11.5 Å². The number of fused-ring (bicyclic) bond motifs is 1. The largest absolute Gasteiger partial charge is 0.351 e. The molecule has 1 aliphatic rings. The lowest BCUT2D eigenvalue weighted by atomic mass is 9.94. The first-order chi connectivity index (χ1) is 9.65. The highest BCUT2D eigenvalue weighted by atomic mass is 19.1. The third-order valence-electron chi connectivity index (χ3n) is 4.26. The van der Waals surface area contributed by atoms with E-state index in [1.54, 1.807) is 12.1 Å². The third kappa shape index (κ3) is 2.42. The lowest BCUT2D eigenvalue weighted by molar-refractivity contribution is 0.0691. The summed E-state index contributed by atoms with van der Waals surface area (Å²) >= 11 is 0. The van der Waals surface area contributed by atoms with E-state index in [0.717, 1.165) is 23.7 Å². The van der Waals surface area contributed by atoms with Crippen molar-refractivity contribution in [3.05, 3.63) is 35.8 Å².